The fraction of sp³-hybridized carbons (Fsp3) is 0.267. The summed E-state index contributed by atoms with van der Waals surface area (Å²) in [6.07, 6.45) is 1.55. The lowest BCUT2D eigenvalue weighted by atomic mass is 10.1. The average molecular weight is 272 g/mol. The van der Waals surface area contributed by atoms with Crippen molar-refractivity contribution in [2.24, 2.45) is 0 Å². The molecular weight excluding hydrogens is 256 g/mol. The van der Waals surface area contributed by atoms with E-state index in [1.807, 2.05) is 45.0 Å². The Morgan fingerprint density at radius 3 is 2.55 bits per heavy atom. The molecule has 2 rings (SSSR count). The van der Waals surface area contributed by atoms with Gasteiger partial charge in [0.15, 0.2) is 0 Å². The highest BCUT2D eigenvalue weighted by molar-refractivity contribution is 6.19. The van der Waals surface area contributed by atoms with Gasteiger partial charge in [0, 0.05) is 5.92 Å². The first-order valence-electron chi connectivity index (χ1n) is 6.33. The van der Waals surface area contributed by atoms with Crippen LogP contribution >= 0.6 is 0 Å². The van der Waals surface area contributed by atoms with Gasteiger partial charge in [-0.05, 0) is 24.1 Å². The van der Waals surface area contributed by atoms with Gasteiger partial charge < -0.3 is 9.52 Å². The molecule has 0 atom stereocenters. The summed E-state index contributed by atoms with van der Waals surface area (Å²) in [5, 5.41) is 17.0. The second-order valence-corrected chi connectivity index (χ2v) is 4.82. The lowest BCUT2D eigenvalue weighted by Gasteiger charge is -2.01. The van der Waals surface area contributed by atoms with Gasteiger partial charge in [-0.3, -0.25) is 0 Å². The zero-order valence-corrected chi connectivity index (χ0v) is 11.6. The van der Waals surface area contributed by atoms with E-state index in [-0.39, 0.29) is 17.4 Å². The van der Waals surface area contributed by atoms with Crippen molar-refractivity contribution >= 4 is 17.6 Å². The third kappa shape index (κ3) is 2.93. The average Bonchev–Trinajstić information content (AvgIpc) is 2.87. The standard InChI is InChI=1S/C15H16N2O3/c1-9(2)13-16-17-14(20-13)12(15(18)19)8-11-7-5-4-6-10(11)3/h4-9H,1-3H3,(H,18,19)/b12-8-. The van der Waals surface area contributed by atoms with Gasteiger partial charge in [0.2, 0.25) is 5.89 Å². The molecule has 2 aromatic rings. The number of aryl methyl sites for hydroxylation is 1. The van der Waals surface area contributed by atoms with Crippen LogP contribution in [-0.4, -0.2) is 21.3 Å². The highest BCUT2D eigenvalue weighted by Gasteiger charge is 2.19. The highest BCUT2D eigenvalue weighted by Crippen LogP contribution is 2.21. The second-order valence-electron chi connectivity index (χ2n) is 4.82. The minimum Gasteiger partial charge on any atom is -0.477 e. The number of rotatable bonds is 4. The van der Waals surface area contributed by atoms with E-state index in [9.17, 15) is 9.90 Å². The monoisotopic (exact) mass is 272 g/mol. The van der Waals surface area contributed by atoms with Gasteiger partial charge in [-0.2, -0.15) is 0 Å². The molecule has 0 bridgehead atoms. The number of hydrogen-bond acceptors (Lipinski definition) is 4. The Bertz CT molecular complexity index is 657. The van der Waals surface area contributed by atoms with Crippen molar-refractivity contribution in [2.75, 3.05) is 0 Å². The summed E-state index contributed by atoms with van der Waals surface area (Å²) in [7, 11) is 0. The van der Waals surface area contributed by atoms with Crippen LogP contribution in [0.1, 0.15) is 42.7 Å². The van der Waals surface area contributed by atoms with E-state index in [1.165, 1.54) is 0 Å². The Kier molecular flexibility index (Phi) is 3.98. The lowest BCUT2D eigenvalue weighted by molar-refractivity contribution is -0.130. The first-order chi connectivity index (χ1) is 9.49. The molecule has 0 radical (unpaired) electrons. The Morgan fingerprint density at radius 2 is 2.00 bits per heavy atom. The number of hydrogen-bond donors (Lipinski definition) is 1. The zero-order valence-electron chi connectivity index (χ0n) is 11.6. The summed E-state index contributed by atoms with van der Waals surface area (Å²) in [5.74, 6) is -0.571. The lowest BCUT2D eigenvalue weighted by Crippen LogP contribution is -2.00. The second kappa shape index (κ2) is 5.69. The third-order valence-corrected chi connectivity index (χ3v) is 2.88. The number of benzene rings is 1. The Morgan fingerprint density at radius 1 is 1.30 bits per heavy atom. The molecule has 1 aromatic carbocycles. The maximum atomic E-state index is 11.4. The van der Waals surface area contributed by atoms with E-state index < -0.39 is 5.97 Å². The number of carboxylic acid groups (broad SMARTS) is 1. The molecule has 1 heterocycles. The Hall–Kier alpha value is -2.43. The topological polar surface area (TPSA) is 76.2 Å². The summed E-state index contributed by atoms with van der Waals surface area (Å²) in [6, 6.07) is 7.51. The Balaban J connectivity index is 2.46. The van der Waals surface area contributed by atoms with Crippen molar-refractivity contribution in [3.8, 4) is 0 Å². The van der Waals surface area contributed by atoms with Gasteiger partial charge in [-0.25, -0.2) is 4.79 Å². The predicted molar refractivity (Wildman–Crippen MR) is 75.1 cm³/mol. The van der Waals surface area contributed by atoms with Gasteiger partial charge in [0.05, 0.1) is 0 Å². The molecule has 0 fully saturated rings. The number of nitrogens with zero attached hydrogens (tertiary/aromatic N) is 2. The SMILES string of the molecule is Cc1ccccc1/C=C(\C(=O)O)c1nnc(C(C)C)o1. The number of aromatic nitrogens is 2. The van der Waals surface area contributed by atoms with Crippen molar-refractivity contribution < 1.29 is 14.3 Å². The summed E-state index contributed by atoms with van der Waals surface area (Å²) in [4.78, 5) is 11.4. The van der Waals surface area contributed by atoms with Crippen molar-refractivity contribution in [3.05, 3.63) is 47.2 Å². The normalized spacial score (nSPS) is 11.9. The smallest absolute Gasteiger partial charge is 0.341 e. The van der Waals surface area contributed by atoms with Gasteiger partial charge in [0.1, 0.15) is 5.57 Å². The molecule has 0 unspecified atom stereocenters. The molecule has 0 saturated heterocycles. The van der Waals surface area contributed by atoms with E-state index in [1.54, 1.807) is 6.08 Å². The van der Waals surface area contributed by atoms with E-state index in [2.05, 4.69) is 10.2 Å². The fourth-order valence-corrected chi connectivity index (χ4v) is 1.70. The van der Waals surface area contributed by atoms with Crippen molar-refractivity contribution in [1.82, 2.24) is 10.2 Å². The Labute approximate surface area is 117 Å². The van der Waals surface area contributed by atoms with E-state index in [4.69, 9.17) is 4.42 Å². The van der Waals surface area contributed by atoms with Crippen LogP contribution in [0.4, 0.5) is 0 Å². The molecule has 5 heteroatoms. The molecule has 0 spiro atoms. The molecular formula is C15H16N2O3. The van der Waals surface area contributed by atoms with E-state index in [0.29, 0.717) is 5.89 Å². The van der Waals surface area contributed by atoms with Gasteiger partial charge in [0.25, 0.3) is 5.89 Å². The highest BCUT2D eigenvalue weighted by atomic mass is 16.4. The van der Waals surface area contributed by atoms with Crippen LogP contribution in [0.25, 0.3) is 11.6 Å². The summed E-state index contributed by atoms with van der Waals surface area (Å²) < 4.78 is 5.41. The molecule has 104 valence electrons. The molecule has 1 aromatic heterocycles. The summed E-state index contributed by atoms with van der Waals surface area (Å²) in [5.41, 5.74) is 1.79. The van der Waals surface area contributed by atoms with Crippen molar-refractivity contribution in [1.29, 1.82) is 0 Å². The maximum Gasteiger partial charge on any atom is 0.341 e. The third-order valence-electron chi connectivity index (χ3n) is 2.88. The number of carbonyl (C=O) groups is 1. The van der Waals surface area contributed by atoms with Crippen LogP contribution in [0.2, 0.25) is 0 Å². The quantitative estimate of drug-likeness (QED) is 0.865. The molecule has 0 amide bonds. The van der Waals surface area contributed by atoms with E-state index in [0.717, 1.165) is 11.1 Å². The minimum absolute atomic E-state index is 0.00120. The maximum absolute atomic E-state index is 11.4. The molecule has 5 nitrogen and oxygen atoms in total. The van der Waals surface area contributed by atoms with Gasteiger partial charge in [-0.1, -0.05) is 38.1 Å². The van der Waals surface area contributed by atoms with Crippen LogP contribution in [0.15, 0.2) is 28.7 Å². The molecule has 20 heavy (non-hydrogen) atoms. The van der Waals surface area contributed by atoms with E-state index >= 15 is 0 Å². The molecule has 0 aliphatic rings. The zero-order chi connectivity index (χ0) is 14.7. The molecule has 0 aliphatic carbocycles. The first-order valence-corrected chi connectivity index (χ1v) is 6.33. The molecule has 1 N–H and O–H groups in total. The van der Waals surface area contributed by atoms with Crippen LogP contribution in [0.5, 0.6) is 0 Å². The first kappa shape index (κ1) is 14.0. The van der Waals surface area contributed by atoms with Crippen molar-refractivity contribution in [3.63, 3.8) is 0 Å². The van der Waals surface area contributed by atoms with Crippen LogP contribution in [0.3, 0.4) is 0 Å². The number of carboxylic acids is 1. The summed E-state index contributed by atoms with van der Waals surface area (Å²) >= 11 is 0. The largest absolute Gasteiger partial charge is 0.477 e. The van der Waals surface area contributed by atoms with Crippen LogP contribution in [-0.2, 0) is 4.79 Å². The molecule has 0 saturated carbocycles. The minimum atomic E-state index is -1.09. The summed E-state index contributed by atoms with van der Waals surface area (Å²) in [6.45, 7) is 5.73. The molecule has 0 aliphatic heterocycles. The van der Waals surface area contributed by atoms with Crippen LogP contribution in [0, 0.1) is 6.92 Å². The number of aliphatic carboxylic acids is 1. The fourth-order valence-electron chi connectivity index (χ4n) is 1.70. The predicted octanol–water partition coefficient (Wildman–Crippen LogP) is 3.13. The van der Waals surface area contributed by atoms with Gasteiger partial charge >= 0.3 is 5.97 Å². The van der Waals surface area contributed by atoms with Crippen LogP contribution < -0.4 is 0 Å². The van der Waals surface area contributed by atoms with Gasteiger partial charge in [-0.15, -0.1) is 10.2 Å². The van der Waals surface area contributed by atoms with Crippen molar-refractivity contribution in [2.45, 2.75) is 26.7 Å².